The van der Waals surface area contributed by atoms with E-state index in [2.05, 4.69) is 36.0 Å². The van der Waals surface area contributed by atoms with Crippen molar-refractivity contribution in [3.63, 3.8) is 0 Å². The van der Waals surface area contributed by atoms with E-state index in [9.17, 15) is 0 Å². The lowest BCUT2D eigenvalue weighted by molar-refractivity contribution is 0.608. The molecule has 1 aromatic rings. The van der Waals surface area contributed by atoms with Crippen LogP contribution in [0, 0.1) is 6.92 Å². The van der Waals surface area contributed by atoms with Gasteiger partial charge in [-0.2, -0.15) is 0 Å². The van der Waals surface area contributed by atoms with Gasteiger partial charge in [0.1, 0.15) is 17.5 Å². The van der Waals surface area contributed by atoms with E-state index in [1.807, 2.05) is 7.05 Å². The summed E-state index contributed by atoms with van der Waals surface area (Å²) >= 11 is 0. The third-order valence-corrected chi connectivity index (χ3v) is 4.26. The van der Waals surface area contributed by atoms with Crippen molar-refractivity contribution >= 4 is 11.6 Å². The van der Waals surface area contributed by atoms with Gasteiger partial charge in [-0.1, -0.05) is 19.8 Å². The highest BCUT2D eigenvalue weighted by molar-refractivity contribution is 5.59. The smallest absolute Gasteiger partial charge is 0.137 e. The second-order valence-electron chi connectivity index (χ2n) is 5.66. The minimum Gasteiger partial charge on any atom is -0.373 e. The van der Waals surface area contributed by atoms with Crippen LogP contribution in [0.5, 0.6) is 0 Å². The Morgan fingerprint density at radius 2 is 1.90 bits per heavy atom. The van der Waals surface area contributed by atoms with Gasteiger partial charge in [0.05, 0.1) is 0 Å². The van der Waals surface area contributed by atoms with Gasteiger partial charge in [-0.15, -0.1) is 0 Å². The zero-order valence-electron chi connectivity index (χ0n) is 13.4. The summed E-state index contributed by atoms with van der Waals surface area (Å²) in [6, 6.07) is 0.660. The molecule has 4 heteroatoms. The fourth-order valence-corrected chi connectivity index (χ4v) is 3.21. The second kappa shape index (κ2) is 6.91. The first-order valence-corrected chi connectivity index (χ1v) is 8.03. The average molecular weight is 276 g/mol. The fraction of sp³-hybridized carbons (Fsp3) is 0.750. The molecule has 0 unspecified atom stereocenters. The van der Waals surface area contributed by atoms with E-state index >= 15 is 0 Å². The molecule has 1 aliphatic rings. The Bertz CT molecular complexity index is 438. The highest BCUT2D eigenvalue weighted by atomic mass is 15.2. The Balaban J connectivity index is 2.38. The third kappa shape index (κ3) is 3.05. The van der Waals surface area contributed by atoms with Crippen LogP contribution in [0.4, 0.5) is 11.6 Å². The van der Waals surface area contributed by atoms with Crippen LogP contribution in [0.1, 0.15) is 57.3 Å². The lowest BCUT2D eigenvalue weighted by atomic mass is 10.1. The number of aromatic nitrogens is 2. The molecule has 1 N–H and O–H groups in total. The van der Waals surface area contributed by atoms with E-state index in [-0.39, 0.29) is 0 Å². The van der Waals surface area contributed by atoms with Crippen LogP contribution in [0.2, 0.25) is 0 Å². The predicted molar refractivity (Wildman–Crippen MR) is 85.6 cm³/mol. The van der Waals surface area contributed by atoms with Gasteiger partial charge >= 0.3 is 0 Å². The average Bonchev–Trinajstić information content (AvgIpc) is 2.97. The first-order chi connectivity index (χ1) is 9.71. The molecule has 20 heavy (non-hydrogen) atoms. The summed E-state index contributed by atoms with van der Waals surface area (Å²) in [7, 11) is 1.95. The van der Waals surface area contributed by atoms with Crippen molar-refractivity contribution < 1.29 is 0 Å². The SMILES string of the molecule is CCCc1nc(NC)c(C)c(N(CC)C2CCCC2)n1. The Labute approximate surface area is 123 Å². The van der Waals surface area contributed by atoms with E-state index in [0.29, 0.717) is 6.04 Å². The maximum Gasteiger partial charge on any atom is 0.137 e. The van der Waals surface area contributed by atoms with Crippen LogP contribution in [0.25, 0.3) is 0 Å². The number of hydrogen-bond acceptors (Lipinski definition) is 4. The summed E-state index contributed by atoms with van der Waals surface area (Å²) in [6.45, 7) is 7.57. The molecule has 0 spiro atoms. The monoisotopic (exact) mass is 276 g/mol. The third-order valence-electron chi connectivity index (χ3n) is 4.26. The lowest BCUT2D eigenvalue weighted by Crippen LogP contribution is -2.34. The van der Waals surface area contributed by atoms with Crippen molar-refractivity contribution in [2.24, 2.45) is 0 Å². The predicted octanol–water partition coefficient (Wildman–Crippen LogP) is 3.55. The summed E-state index contributed by atoms with van der Waals surface area (Å²) in [5.74, 6) is 3.09. The van der Waals surface area contributed by atoms with E-state index < -0.39 is 0 Å². The van der Waals surface area contributed by atoms with Gasteiger partial charge in [0.2, 0.25) is 0 Å². The minimum atomic E-state index is 0.660. The molecule has 0 atom stereocenters. The molecule has 0 saturated heterocycles. The molecule has 0 aliphatic heterocycles. The zero-order chi connectivity index (χ0) is 14.5. The lowest BCUT2D eigenvalue weighted by Gasteiger charge is -2.31. The summed E-state index contributed by atoms with van der Waals surface area (Å²) in [5.41, 5.74) is 1.18. The molecule has 1 heterocycles. The van der Waals surface area contributed by atoms with Crippen molar-refractivity contribution in [2.75, 3.05) is 23.8 Å². The number of aryl methyl sites for hydroxylation is 1. The van der Waals surface area contributed by atoms with Crippen LogP contribution < -0.4 is 10.2 Å². The zero-order valence-corrected chi connectivity index (χ0v) is 13.4. The Morgan fingerprint density at radius 3 is 2.45 bits per heavy atom. The van der Waals surface area contributed by atoms with E-state index in [4.69, 9.17) is 4.98 Å². The number of rotatable bonds is 6. The highest BCUT2D eigenvalue weighted by Crippen LogP contribution is 2.31. The molecule has 0 amide bonds. The van der Waals surface area contributed by atoms with E-state index in [1.54, 1.807) is 0 Å². The topological polar surface area (TPSA) is 41.1 Å². The Kier molecular flexibility index (Phi) is 5.21. The molecule has 0 bridgehead atoms. The fourth-order valence-electron chi connectivity index (χ4n) is 3.21. The molecular weight excluding hydrogens is 248 g/mol. The van der Waals surface area contributed by atoms with E-state index in [1.165, 1.54) is 31.2 Å². The molecule has 1 saturated carbocycles. The van der Waals surface area contributed by atoms with Gasteiger partial charge in [-0.25, -0.2) is 9.97 Å². The number of nitrogens with zero attached hydrogens (tertiary/aromatic N) is 3. The molecule has 0 radical (unpaired) electrons. The van der Waals surface area contributed by atoms with Crippen LogP contribution in [-0.2, 0) is 6.42 Å². The van der Waals surface area contributed by atoms with Crippen LogP contribution in [-0.4, -0.2) is 29.6 Å². The van der Waals surface area contributed by atoms with Crippen molar-refractivity contribution in [1.82, 2.24) is 9.97 Å². The number of anilines is 2. The molecule has 1 aliphatic carbocycles. The van der Waals surface area contributed by atoms with Crippen molar-refractivity contribution in [3.8, 4) is 0 Å². The summed E-state index contributed by atoms with van der Waals surface area (Å²) in [5, 5.41) is 3.23. The van der Waals surface area contributed by atoms with Gasteiger partial charge in [0.25, 0.3) is 0 Å². The summed E-state index contributed by atoms with van der Waals surface area (Å²) in [6.07, 6.45) is 7.34. The largest absolute Gasteiger partial charge is 0.373 e. The van der Waals surface area contributed by atoms with Crippen molar-refractivity contribution in [3.05, 3.63) is 11.4 Å². The van der Waals surface area contributed by atoms with Gasteiger partial charge in [-0.3, -0.25) is 0 Å². The maximum absolute atomic E-state index is 4.86. The van der Waals surface area contributed by atoms with Crippen LogP contribution >= 0.6 is 0 Å². The normalized spacial score (nSPS) is 15.6. The van der Waals surface area contributed by atoms with E-state index in [0.717, 1.165) is 36.8 Å². The van der Waals surface area contributed by atoms with Crippen LogP contribution in [0.3, 0.4) is 0 Å². The Morgan fingerprint density at radius 1 is 1.20 bits per heavy atom. The van der Waals surface area contributed by atoms with Gasteiger partial charge in [-0.05, 0) is 33.1 Å². The summed E-state index contributed by atoms with van der Waals surface area (Å²) < 4.78 is 0. The standard InChI is InChI=1S/C16H28N4/c1-5-9-14-18-15(17-4)12(3)16(19-14)20(6-2)13-10-7-8-11-13/h13H,5-11H2,1-4H3,(H,17,18,19). The second-order valence-corrected chi connectivity index (χ2v) is 5.66. The molecule has 4 nitrogen and oxygen atoms in total. The summed E-state index contributed by atoms with van der Waals surface area (Å²) in [4.78, 5) is 12.0. The molecule has 112 valence electrons. The molecular formula is C16H28N4. The first kappa shape index (κ1) is 15.1. The van der Waals surface area contributed by atoms with Gasteiger partial charge in [0.15, 0.2) is 0 Å². The van der Waals surface area contributed by atoms with Crippen molar-refractivity contribution in [1.29, 1.82) is 0 Å². The van der Waals surface area contributed by atoms with Crippen LogP contribution in [0.15, 0.2) is 0 Å². The van der Waals surface area contributed by atoms with Gasteiger partial charge < -0.3 is 10.2 Å². The minimum absolute atomic E-state index is 0.660. The molecule has 1 fully saturated rings. The quantitative estimate of drug-likeness (QED) is 0.862. The number of hydrogen-bond donors (Lipinski definition) is 1. The van der Waals surface area contributed by atoms with Gasteiger partial charge in [0, 0.05) is 31.6 Å². The first-order valence-electron chi connectivity index (χ1n) is 8.03. The maximum atomic E-state index is 4.86. The highest BCUT2D eigenvalue weighted by Gasteiger charge is 2.25. The van der Waals surface area contributed by atoms with Crippen molar-refractivity contribution in [2.45, 2.75) is 65.3 Å². The Hall–Kier alpha value is -1.32. The molecule has 1 aromatic heterocycles. The molecule has 0 aromatic carbocycles. The number of nitrogens with one attached hydrogen (secondary N) is 1. The molecule has 2 rings (SSSR count).